The minimum absolute atomic E-state index is 0.275. The molecule has 0 saturated carbocycles. The number of hydrogen-bond donors (Lipinski definition) is 1. The maximum atomic E-state index is 12.1. The topological polar surface area (TPSA) is 89.0 Å². The van der Waals surface area contributed by atoms with Gasteiger partial charge in [0.15, 0.2) is 5.96 Å². The number of benzene rings is 1. The Morgan fingerprint density at radius 3 is 2.45 bits per heavy atom. The molecule has 1 fully saturated rings. The maximum Gasteiger partial charge on any atom is 0.410 e. The second-order valence-corrected chi connectivity index (χ2v) is 8.07. The predicted octanol–water partition coefficient (Wildman–Crippen LogP) is 2.28. The minimum atomic E-state index is -0.483. The number of rotatable bonds is 4. The monoisotopic (exact) mass is 398 g/mol. The number of ether oxygens (including phenoxy) is 1. The molecule has 0 spiro atoms. The van der Waals surface area contributed by atoms with Gasteiger partial charge in [0.2, 0.25) is 0 Å². The predicted molar refractivity (Wildman–Crippen MR) is 113 cm³/mol. The van der Waals surface area contributed by atoms with Crippen LogP contribution in [-0.2, 0) is 11.2 Å². The second-order valence-electron chi connectivity index (χ2n) is 8.07. The van der Waals surface area contributed by atoms with Gasteiger partial charge in [0.1, 0.15) is 5.60 Å². The second kappa shape index (κ2) is 8.98. The highest BCUT2D eigenvalue weighted by atomic mass is 16.6. The van der Waals surface area contributed by atoms with Crippen LogP contribution in [0.5, 0.6) is 0 Å². The van der Waals surface area contributed by atoms with Gasteiger partial charge in [0.05, 0.1) is 11.9 Å². The van der Waals surface area contributed by atoms with E-state index in [9.17, 15) is 4.79 Å². The van der Waals surface area contributed by atoms with Crippen molar-refractivity contribution in [2.45, 2.75) is 32.8 Å². The molecule has 1 aliphatic rings. The molecule has 1 saturated heterocycles. The zero-order valence-electron chi connectivity index (χ0n) is 17.4. The first-order valence-corrected chi connectivity index (χ1v) is 9.93. The Balaban J connectivity index is 1.45. The fraction of sp³-hybridized carbons (Fsp3) is 0.476. The van der Waals surface area contributed by atoms with E-state index in [0.717, 1.165) is 17.7 Å². The summed E-state index contributed by atoms with van der Waals surface area (Å²) >= 11 is 0. The van der Waals surface area contributed by atoms with Crippen LogP contribution in [0, 0.1) is 0 Å². The highest BCUT2D eigenvalue weighted by Crippen LogP contribution is 2.12. The van der Waals surface area contributed by atoms with Crippen molar-refractivity contribution >= 4 is 12.1 Å². The molecular weight excluding hydrogens is 368 g/mol. The normalized spacial score (nSPS) is 15.5. The molecular formula is C21H30N6O2. The molecule has 2 aromatic rings. The first-order chi connectivity index (χ1) is 13.8. The van der Waals surface area contributed by atoms with Crippen LogP contribution in [-0.4, -0.2) is 70.0 Å². The molecule has 3 rings (SSSR count). The smallest absolute Gasteiger partial charge is 0.410 e. The van der Waals surface area contributed by atoms with Gasteiger partial charge in [-0.1, -0.05) is 18.2 Å². The summed E-state index contributed by atoms with van der Waals surface area (Å²) in [6, 6.07) is 10.0. The molecule has 8 heteroatoms. The Morgan fingerprint density at radius 1 is 1.14 bits per heavy atom. The van der Waals surface area contributed by atoms with Crippen LogP contribution in [0.25, 0.3) is 5.69 Å². The minimum Gasteiger partial charge on any atom is -0.444 e. The standard InChI is InChI=1S/C21H30N6O2/c1-21(2,3)29-20(28)26-13-11-25(12-14-26)19(22)23-10-9-17-15-24-27(16-17)18-7-5-4-6-8-18/h4-8,15-16H,9-14H2,1-3H3,(H2,22,23). The number of guanidine groups is 1. The molecule has 0 aliphatic carbocycles. The van der Waals surface area contributed by atoms with Gasteiger partial charge in [0, 0.05) is 38.9 Å². The summed E-state index contributed by atoms with van der Waals surface area (Å²) in [4.78, 5) is 20.4. The molecule has 2 N–H and O–H groups in total. The van der Waals surface area contributed by atoms with Gasteiger partial charge in [-0.25, -0.2) is 9.48 Å². The number of aromatic nitrogens is 2. The molecule has 156 valence electrons. The molecule has 1 aliphatic heterocycles. The van der Waals surface area contributed by atoms with Crippen LogP contribution < -0.4 is 5.73 Å². The molecule has 1 aromatic carbocycles. The molecule has 8 nitrogen and oxygen atoms in total. The number of hydrogen-bond acceptors (Lipinski definition) is 4. The third-order valence-electron chi connectivity index (χ3n) is 4.59. The Bertz CT molecular complexity index is 832. The number of carbonyl (C=O) groups is 1. The van der Waals surface area contributed by atoms with Gasteiger partial charge in [-0.05, 0) is 44.9 Å². The molecule has 2 heterocycles. The lowest BCUT2D eigenvalue weighted by atomic mass is 10.2. The van der Waals surface area contributed by atoms with Crippen molar-refractivity contribution in [3.63, 3.8) is 0 Å². The Labute approximate surface area is 171 Å². The average Bonchev–Trinajstić information content (AvgIpc) is 3.16. The third-order valence-corrected chi connectivity index (χ3v) is 4.59. The zero-order valence-corrected chi connectivity index (χ0v) is 17.4. The molecule has 0 bridgehead atoms. The van der Waals surface area contributed by atoms with Crippen molar-refractivity contribution in [3.05, 3.63) is 48.3 Å². The summed E-state index contributed by atoms with van der Waals surface area (Å²) in [5.74, 6) is 0.518. The summed E-state index contributed by atoms with van der Waals surface area (Å²) in [6.07, 6.45) is 4.37. The Hall–Kier alpha value is -3.03. The number of piperazine rings is 1. The number of amides is 1. The molecule has 0 radical (unpaired) electrons. The van der Waals surface area contributed by atoms with E-state index in [1.165, 1.54) is 0 Å². The average molecular weight is 399 g/mol. The Kier molecular flexibility index (Phi) is 6.41. The largest absolute Gasteiger partial charge is 0.444 e. The van der Waals surface area contributed by atoms with Crippen molar-refractivity contribution in [3.8, 4) is 5.69 Å². The lowest BCUT2D eigenvalue weighted by molar-refractivity contribution is 0.0186. The number of nitrogens with two attached hydrogens (primary N) is 1. The highest BCUT2D eigenvalue weighted by Gasteiger charge is 2.26. The van der Waals surface area contributed by atoms with E-state index in [1.54, 1.807) is 4.90 Å². The number of aliphatic imine (C=N–C) groups is 1. The van der Waals surface area contributed by atoms with Gasteiger partial charge < -0.3 is 20.3 Å². The van der Waals surface area contributed by atoms with Crippen LogP contribution in [0.15, 0.2) is 47.7 Å². The summed E-state index contributed by atoms with van der Waals surface area (Å²) in [7, 11) is 0. The van der Waals surface area contributed by atoms with E-state index >= 15 is 0 Å². The van der Waals surface area contributed by atoms with Crippen LogP contribution in [0.2, 0.25) is 0 Å². The zero-order chi connectivity index (χ0) is 20.9. The number of nitrogens with zero attached hydrogens (tertiary/aromatic N) is 5. The van der Waals surface area contributed by atoms with Crippen LogP contribution in [0.3, 0.4) is 0 Å². The summed E-state index contributed by atoms with van der Waals surface area (Å²) in [5, 5.41) is 4.40. The lowest BCUT2D eigenvalue weighted by Gasteiger charge is -2.36. The van der Waals surface area contributed by atoms with E-state index in [2.05, 4.69) is 10.1 Å². The number of carbonyl (C=O) groups excluding carboxylic acids is 1. The third kappa shape index (κ3) is 5.97. The van der Waals surface area contributed by atoms with Crippen LogP contribution in [0.4, 0.5) is 4.79 Å². The van der Waals surface area contributed by atoms with Crippen LogP contribution in [0.1, 0.15) is 26.3 Å². The lowest BCUT2D eigenvalue weighted by Crippen LogP contribution is -2.53. The first kappa shape index (κ1) is 20.7. The van der Waals surface area contributed by atoms with Gasteiger partial charge in [-0.15, -0.1) is 0 Å². The van der Waals surface area contributed by atoms with Gasteiger partial charge in [-0.2, -0.15) is 5.10 Å². The Morgan fingerprint density at radius 2 is 1.79 bits per heavy atom. The fourth-order valence-electron chi connectivity index (χ4n) is 3.06. The van der Waals surface area contributed by atoms with Crippen molar-refractivity contribution < 1.29 is 9.53 Å². The quantitative estimate of drug-likeness (QED) is 0.630. The molecule has 0 atom stereocenters. The molecule has 0 unspecified atom stereocenters. The van der Waals surface area contributed by atoms with Gasteiger partial charge in [-0.3, -0.25) is 4.99 Å². The van der Waals surface area contributed by atoms with E-state index in [-0.39, 0.29) is 6.09 Å². The van der Waals surface area contributed by atoms with Crippen LogP contribution >= 0.6 is 0 Å². The summed E-state index contributed by atoms with van der Waals surface area (Å²) in [5.41, 5.74) is 7.81. The number of para-hydroxylation sites is 1. The van der Waals surface area contributed by atoms with E-state index in [4.69, 9.17) is 10.5 Å². The van der Waals surface area contributed by atoms with E-state index < -0.39 is 5.60 Å². The molecule has 1 amide bonds. The van der Waals surface area contributed by atoms with Crippen molar-refractivity contribution in [1.82, 2.24) is 19.6 Å². The van der Waals surface area contributed by atoms with Crippen molar-refractivity contribution in [2.75, 3.05) is 32.7 Å². The summed E-state index contributed by atoms with van der Waals surface area (Å²) < 4.78 is 7.28. The molecule has 1 aromatic heterocycles. The molecule has 29 heavy (non-hydrogen) atoms. The van der Waals surface area contributed by atoms with E-state index in [0.29, 0.717) is 38.7 Å². The SMILES string of the molecule is CC(C)(C)OC(=O)N1CCN(C(N)=NCCc2cnn(-c3ccccc3)c2)CC1. The van der Waals surface area contributed by atoms with Gasteiger partial charge in [0.25, 0.3) is 0 Å². The van der Waals surface area contributed by atoms with Gasteiger partial charge >= 0.3 is 6.09 Å². The first-order valence-electron chi connectivity index (χ1n) is 9.93. The van der Waals surface area contributed by atoms with E-state index in [1.807, 2.05) is 73.1 Å². The fourth-order valence-corrected chi connectivity index (χ4v) is 3.06. The maximum absolute atomic E-state index is 12.1. The highest BCUT2D eigenvalue weighted by molar-refractivity contribution is 5.78. The van der Waals surface area contributed by atoms with Crippen molar-refractivity contribution in [1.29, 1.82) is 0 Å². The summed E-state index contributed by atoms with van der Waals surface area (Å²) in [6.45, 7) is 8.67. The van der Waals surface area contributed by atoms with Crippen molar-refractivity contribution in [2.24, 2.45) is 10.7 Å².